The number of thiazole rings is 1. The van der Waals surface area contributed by atoms with Crippen LogP contribution in [0.4, 0.5) is 5.69 Å². The number of nitrogen functional groups attached to an aromatic ring is 1. The summed E-state index contributed by atoms with van der Waals surface area (Å²) in [5, 5.41) is 7.43. The van der Waals surface area contributed by atoms with Crippen LogP contribution in [0, 0.1) is 0 Å². The maximum Gasteiger partial charge on any atom is 0.0847 e. The summed E-state index contributed by atoms with van der Waals surface area (Å²) in [6.07, 6.45) is 1.83. The normalized spacial score (nSPS) is 11.0. The third-order valence-corrected chi connectivity index (χ3v) is 3.10. The highest BCUT2D eigenvalue weighted by atomic mass is 32.1. The number of benzene rings is 1. The molecule has 5 heteroatoms. The third kappa shape index (κ3) is 1.55. The molecule has 3 rings (SSSR count). The van der Waals surface area contributed by atoms with Crippen LogP contribution in [0.5, 0.6) is 0 Å². The molecule has 0 aliphatic rings. The van der Waals surface area contributed by atoms with Gasteiger partial charge in [-0.05, 0) is 18.2 Å². The lowest BCUT2D eigenvalue weighted by Crippen LogP contribution is -2.01. The van der Waals surface area contributed by atoms with Gasteiger partial charge in [0.2, 0.25) is 0 Å². The van der Waals surface area contributed by atoms with E-state index >= 15 is 0 Å². The largest absolute Gasteiger partial charge is 0.399 e. The molecule has 0 radical (unpaired) electrons. The van der Waals surface area contributed by atoms with Crippen molar-refractivity contribution in [1.29, 1.82) is 0 Å². The zero-order chi connectivity index (χ0) is 11.0. The Kier molecular flexibility index (Phi) is 2.11. The van der Waals surface area contributed by atoms with E-state index in [0.29, 0.717) is 6.54 Å². The summed E-state index contributed by atoms with van der Waals surface area (Å²) in [6.45, 7) is 0.705. The van der Waals surface area contributed by atoms with Crippen molar-refractivity contribution in [2.45, 2.75) is 6.54 Å². The van der Waals surface area contributed by atoms with Crippen molar-refractivity contribution < 1.29 is 0 Å². The first-order valence-electron chi connectivity index (χ1n) is 4.91. The van der Waals surface area contributed by atoms with E-state index in [1.54, 1.807) is 11.3 Å². The van der Waals surface area contributed by atoms with Crippen molar-refractivity contribution in [3.8, 4) is 0 Å². The fourth-order valence-electron chi connectivity index (χ4n) is 1.70. The molecule has 0 aliphatic carbocycles. The molecule has 4 nitrogen and oxygen atoms in total. The Morgan fingerprint density at radius 3 is 3.12 bits per heavy atom. The fraction of sp³-hybridized carbons (Fsp3) is 0.0909. The average Bonchev–Trinajstić information content (AvgIpc) is 2.89. The van der Waals surface area contributed by atoms with E-state index in [1.807, 2.05) is 40.0 Å². The fourth-order valence-corrected chi connectivity index (χ4v) is 2.25. The Hall–Kier alpha value is -1.88. The number of hydrogen-bond donors (Lipinski definition) is 1. The Balaban J connectivity index is 2.04. The predicted octanol–water partition coefficient (Wildman–Crippen LogP) is 2.12. The predicted molar refractivity (Wildman–Crippen MR) is 65.4 cm³/mol. The average molecular weight is 230 g/mol. The summed E-state index contributed by atoms with van der Waals surface area (Å²) < 4.78 is 1.93. The van der Waals surface area contributed by atoms with Crippen LogP contribution in [-0.2, 0) is 6.54 Å². The molecule has 80 valence electrons. The van der Waals surface area contributed by atoms with Crippen LogP contribution >= 0.6 is 11.3 Å². The Bertz CT molecular complexity index is 612. The molecule has 0 unspecified atom stereocenters. The number of aromatic nitrogens is 3. The highest BCUT2D eigenvalue weighted by Gasteiger charge is 2.04. The van der Waals surface area contributed by atoms with Gasteiger partial charge in [0.15, 0.2) is 0 Å². The first kappa shape index (κ1) is 9.35. The summed E-state index contributed by atoms with van der Waals surface area (Å²) in [5.41, 5.74) is 10.4. The maximum absolute atomic E-state index is 5.72. The van der Waals surface area contributed by atoms with Crippen LogP contribution in [0.25, 0.3) is 10.9 Å². The molecule has 1 aromatic carbocycles. The Morgan fingerprint density at radius 2 is 2.31 bits per heavy atom. The summed E-state index contributed by atoms with van der Waals surface area (Å²) in [6, 6.07) is 5.81. The van der Waals surface area contributed by atoms with Crippen molar-refractivity contribution in [3.63, 3.8) is 0 Å². The lowest BCUT2D eigenvalue weighted by molar-refractivity contribution is 0.700. The minimum Gasteiger partial charge on any atom is -0.399 e. The second kappa shape index (κ2) is 3.61. The van der Waals surface area contributed by atoms with Gasteiger partial charge >= 0.3 is 0 Å². The minimum absolute atomic E-state index is 0.705. The number of fused-ring (bicyclic) bond motifs is 1. The zero-order valence-electron chi connectivity index (χ0n) is 8.50. The monoisotopic (exact) mass is 230 g/mol. The molecule has 0 saturated heterocycles. The number of nitrogens with zero attached hydrogens (tertiary/aromatic N) is 3. The number of nitrogens with two attached hydrogens (primary N) is 1. The molecular formula is C11H10N4S. The van der Waals surface area contributed by atoms with Crippen molar-refractivity contribution in [2.75, 3.05) is 5.73 Å². The molecule has 16 heavy (non-hydrogen) atoms. The van der Waals surface area contributed by atoms with Gasteiger partial charge in [0.1, 0.15) is 0 Å². The Morgan fingerprint density at radius 1 is 1.38 bits per heavy atom. The molecule has 0 amide bonds. The molecule has 0 aliphatic heterocycles. The summed E-state index contributed by atoms with van der Waals surface area (Å²) in [5.74, 6) is 0. The van der Waals surface area contributed by atoms with Gasteiger partial charge in [-0.1, -0.05) is 0 Å². The highest BCUT2D eigenvalue weighted by molar-refractivity contribution is 7.07. The summed E-state index contributed by atoms with van der Waals surface area (Å²) in [7, 11) is 0. The van der Waals surface area contributed by atoms with Crippen molar-refractivity contribution in [2.24, 2.45) is 0 Å². The van der Waals surface area contributed by atoms with Crippen LogP contribution in [-0.4, -0.2) is 14.8 Å². The van der Waals surface area contributed by atoms with Gasteiger partial charge in [0.25, 0.3) is 0 Å². The van der Waals surface area contributed by atoms with Gasteiger partial charge in [-0.15, -0.1) is 11.3 Å². The van der Waals surface area contributed by atoms with Crippen molar-refractivity contribution in [1.82, 2.24) is 14.8 Å². The first-order valence-corrected chi connectivity index (χ1v) is 5.85. The van der Waals surface area contributed by atoms with E-state index in [0.717, 1.165) is 22.3 Å². The molecule has 0 bridgehead atoms. The van der Waals surface area contributed by atoms with Gasteiger partial charge in [0, 0.05) is 16.5 Å². The van der Waals surface area contributed by atoms with E-state index < -0.39 is 0 Å². The van der Waals surface area contributed by atoms with Crippen molar-refractivity contribution in [3.05, 3.63) is 41.0 Å². The van der Waals surface area contributed by atoms with E-state index in [4.69, 9.17) is 5.73 Å². The van der Waals surface area contributed by atoms with E-state index in [9.17, 15) is 0 Å². The molecule has 0 spiro atoms. The van der Waals surface area contributed by atoms with Crippen LogP contribution in [0.1, 0.15) is 5.69 Å². The Labute approximate surface area is 96.3 Å². The smallest absolute Gasteiger partial charge is 0.0847 e. The SMILES string of the molecule is Nc1ccc2c(cnn2Cc2cscn2)c1. The van der Waals surface area contributed by atoms with Crippen LogP contribution in [0.15, 0.2) is 35.3 Å². The third-order valence-electron chi connectivity index (χ3n) is 2.46. The molecule has 0 saturated carbocycles. The summed E-state index contributed by atoms with van der Waals surface area (Å²) in [4.78, 5) is 4.25. The quantitative estimate of drug-likeness (QED) is 0.686. The van der Waals surface area contributed by atoms with E-state index in [1.165, 1.54) is 0 Å². The number of hydrogen-bond acceptors (Lipinski definition) is 4. The lowest BCUT2D eigenvalue weighted by Gasteiger charge is -2.00. The van der Waals surface area contributed by atoms with Crippen LogP contribution < -0.4 is 5.73 Å². The second-order valence-electron chi connectivity index (χ2n) is 3.60. The molecule has 0 fully saturated rings. The molecule has 2 N–H and O–H groups in total. The molecule has 2 aromatic heterocycles. The number of anilines is 1. The van der Waals surface area contributed by atoms with Crippen LogP contribution in [0.2, 0.25) is 0 Å². The topological polar surface area (TPSA) is 56.7 Å². The van der Waals surface area contributed by atoms with Crippen molar-refractivity contribution >= 4 is 27.9 Å². The second-order valence-corrected chi connectivity index (χ2v) is 4.32. The lowest BCUT2D eigenvalue weighted by atomic mass is 10.2. The van der Waals surface area contributed by atoms with Gasteiger partial charge in [0.05, 0.1) is 29.5 Å². The minimum atomic E-state index is 0.705. The van der Waals surface area contributed by atoms with Crippen LogP contribution in [0.3, 0.4) is 0 Å². The summed E-state index contributed by atoms with van der Waals surface area (Å²) >= 11 is 1.60. The van der Waals surface area contributed by atoms with Gasteiger partial charge in [-0.3, -0.25) is 4.68 Å². The molecule has 3 aromatic rings. The molecule has 2 heterocycles. The van der Waals surface area contributed by atoms with E-state index in [2.05, 4.69) is 10.1 Å². The molecule has 0 atom stereocenters. The van der Waals surface area contributed by atoms with Gasteiger partial charge in [-0.25, -0.2) is 4.98 Å². The first-order chi connectivity index (χ1) is 7.83. The maximum atomic E-state index is 5.72. The van der Waals surface area contributed by atoms with Gasteiger partial charge in [-0.2, -0.15) is 5.10 Å². The number of rotatable bonds is 2. The zero-order valence-corrected chi connectivity index (χ0v) is 9.31. The van der Waals surface area contributed by atoms with Gasteiger partial charge < -0.3 is 5.73 Å². The standard InChI is InChI=1S/C11H10N4S/c12-9-1-2-11-8(3-9)4-14-15(11)5-10-6-16-7-13-10/h1-4,6-7H,5,12H2. The molecular weight excluding hydrogens is 220 g/mol. The van der Waals surface area contributed by atoms with E-state index in [-0.39, 0.29) is 0 Å². The highest BCUT2D eigenvalue weighted by Crippen LogP contribution is 2.17.